The van der Waals surface area contributed by atoms with E-state index in [0.29, 0.717) is 30.1 Å². The van der Waals surface area contributed by atoms with E-state index < -0.39 is 5.25 Å². The van der Waals surface area contributed by atoms with Crippen LogP contribution in [-0.4, -0.2) is 29.0 Å². The van der Waals surface area contributed by atoms with Gasteiger partial charge >= 0.3 is 5.97 Å². The number of imide groups is 1. The second-order valence-corrected chi connectivity index (χ2v) is 6.33. The second-order valence-electron chi connectivity index (χ2n) is 5.15. The van der Waals surface area contributed by atoms with Crippen LogP contribution in [0.4, 0.5) is 4.79 Å². The summed E-state index contributed by atoms with van der Waals surface area (Å²) in [6.07, 6.45) is 0.333. The number of carbonyl (C=O) groups excluding carboxylic acids is 3. The van der Waals surface area contributed by atoms with Crippen molar-refractivity contribution in [2.24, 2.45) is 0 Å². The summed E-state index contributed by atoms with van der Waals surface area (Å²) in [5.41, 5.74) is 1.19. The highest BCUT2D eigenvalue weighted by Gasteiger charge is 2.32. The van der Waals surface area contributed by atoms with Gasteiger partial charge in [0, 0.05) is 12.0 Å². The van der Waals surface area contributed by atoms with Crippen molar-refractivity contribution in [2.75, 3.05) is 6.61 Å². The third-order valence-corrected chi connectivity index (χ3v) is 4.45. The molecule has 1 aliphatic heterocycles. The zero-order chi connectivity index (χ0) is 17.1. The fourth-order valence-corrected chi connectivity index (χ4v) is 3.20. The highest BCUT2D eigenvalue weighted by atomic mass is 32.2. The van der Waals surface area contributed by atoms with Gasteiger partial charge in [0.05, 0.1) is 12.2 Å². The van der Waals surface area contributed by atoms with Crippen molar-refractivity contribution >= 4 is 28.9 Å². The Balaban J connectivity index is 1.76. The molecular weight excluding hydrogens is 330 g/mol. The minimum absolute atomic E-state index is 0.299. The third-order valence-electron chi connectivity index (χ3n) is 3.47. The maximum absolute atomic E-state index is 11.8. The molecule has 1 unspecified atom stereocenters. The molecule has 1 aromatic heterocycles. The Morgan fingerprint density at radius 3 is 2.83 bits per heavy atom. The lowest BCUT2D eigenvalue weighted by atomic mass is 10.1. The van der Waals surface area contributed by atoms with Crippen molar-refractivity contribution in [2.45, 2.75) is 18.6 Å². The van der Waals surface area contributed by atoms with E-state index >= 15 is 0 Å². The molecule has 1 fully saturated rings. The molecule has 24 heavy (non-hydrogen) atoms. The molecule has 3 rings (SSSR count). The molecule has 7 heteroatoms. The number of amides is 2. The quantitative estimate of drug-likeness (QED) is 0.839. The molecule has 0 aliphatic carbocycles. The first-order valence-corrected chi connectivity index (χ1v) is 8.32. The standard InChI is InChI=1S/C17H15NO5S/c1-2-22-16(20)11-5-3-4-10(8-11)13-7-6-12(23-13)9-14-15(19)18-17(21)24-14/h3-8,14H,2,9H2,1H3,(H,18,19,21). The topological polar surface area (TPSA) is 85.6 Å². The Morgan fingerprint density at radius 2 is 2.12 bits per heavy atom. The van der Waals surface area contributed by atoms with Gasteiger partial charge in [-0.3, -0.25) is 14.9 Å². The maximum Gasteiger partial charge on any atom is 0.338 e. The zero-order valence-corrected chi connectivity index (χ0v) is 13.7. The van der Waals surface area contributed by atoms with Crippen LogP contribution in [0.3, 0.4) is 0 Å². The van der Waals surface area contributed by atoms with E-state index in [0.717, 1.165) is 17.3 Å². The smallest absolute Gasteiger partial charge is 0.338 e. The molecule has 1 N–H and O–H groups in total. The van der Waals surface area contributed by atoms with Crippen molar-refractivity contribution in [3.05, 3.63) is 47.7 Å². The molecule has 0 spiro atoms. The van der Waals surface area contributed by atoms with Gasteiger partial charge in [-0.1, -0.05) is 23.9 Å². The normalized spacial score (nSPS) is 17.0. The van der Waals surface area contributed by atoms with Crippen LogP contribution < -0.4 is 5.32 Å². The molecule has 1 aliphatic rings. The van der Waals surface area contributed by atoms with E-state index in [1.165, 1.54) is 0 Å². The number of benzene rings is 1. The second kappa shape index (κ2) is 6.92. The monoisotopic (exact) mass is 345 g/mol. The first-order valence-electron chi connectivity index (χ1n) is 7.44. The molecule has 1 aromatic carbocycles. The number of rotatable bonds is 5. The van der Waals surface area contributed by atoms with Crippen LogP contribution in [0.1, 0.15) is 23.0 Å². The summed E-state index contributed by atoms with van der Waals surface area (Å²) in [7, 11) is 0. The number of esters is 1. The maximum atomic E-state index is 11.8. The van der Waals surface area contributed by atoms with E-state index in [2.05, 4.69) is 5.32 Å². The largest absolute Gasteiger partial charge is 0.462 e. The van der Waals surface area contributed by atoms with Crippen molar-refractivity contribution < 1.29 is 23.5 Å². The van der Waals surface area contributed by atoms with E-state index in [1.807, 2.05) is 6.07 Å². The molecule has 0 bridgehead atoms. The molecule has 1 saturated heterocycles. The highest BCUT2D eigenvalue weighted by Crippen LogP contribution is 2.27. The minimum Gasteiger partial charge on any atom is -0.462 e. The Kier molecular flexibility index (Phi) is 4.71. The summed E-state index contributed by atoms with van der Waals surface area (Å²) < 4.78 is 10.7. The summed E-state index contributed by atoms with van der Waals surface area (Å²) in [5, 5.41) is 1.45. The van der Waals surface area contributed by atoms with E-state index in [4.69, 9.17) is 9.15 Å². The summed E-state index contributed by atoms with van der Waals surface area (Å²) >= 11 is 0.965. The van der Waals surface area contributed by atoms with Crippen molar-refractivity contribution in [1.82, 2.24) is 5.32 Å². The lowest BCUT2D eigenvalue weighted by molar-refractivity contribution is -0.119. The molecule has 1 atom stereocenters. The van der Waals surface area contributed by atoms with Gasteiger partial charge in [-0.25, -0.2) is 4.79 Å². The predicted molar refractivity (Wildman–Crippen MR) is 88.7 cm³/mol. The van der Waals surface area contributed by atoms with Crippen molar-refractivity contribution in [3.63, 3.8) is 0 Å². The number of hydrogen-bond acceptors (Lipinski definition) is 6. The average molecular weight is 345 g/mol. The van der Waals surface area contributed by atoms with Crippen molar-refractivity contribution in [1.29, 1.82) is 0 Å². The van der Waals surface area contributed by atoms with Gasteiger partial charge in [0.15, 0.2) is 0 Å². The molecule has 2 heterocycles. The Bertz CT molecular complexity index is 798. The molecule has 0 radical (unpaired) electrons. The zero-order valence-electron chi connectivity index (χ0n) is 12.9. The number of carbonyl (C=O) groups is 3. The summed E-state index contributed by atoms with van der Waals surface area (Å²) in [6, 6.07) is 10.5. The van der Waals surface area contributed by atoms with Crippen LogP contribution >= 0.6 is 11.8 Å². The van der Waals surface area contributed by atoms with Gasteiger partial charge in [-0.05, 0) is 31.2 Å². The van der Waals surface area contributed by atoms with E-state index in [1.54, 1.807) is 37.3 Å². The van der Waals surface area contributed by atoms with E-state index in [-0.39, 0.29) is 17.1 Å². The Morgan fingerprint density at radius 1 is 1.29 bits per heavy atom. The SMILES string of the molecule is CCOC(=O)c1cccc(-c2ccc(CC3SC(=O)NC3=O)o2)c1. The van der Waals surface area contributed by atoms with Gasteiger partial charge in [0.1, 0.15) is 16.8 Å². The minimum atomic E-state index is -0.470. The molecule has 124 valence electrons. The van der Waals surface area contributed by atoms with Crippen LogP contribution in [0, 0.1) is 0 Å². The summed E-state index contributed by atoms with van der Waals surface area (Å²) in [6.45, 7) is 2.07. The summed E-state index contributed by atoms with van der Waals surface area (Å²) in [5.74, 6) is 0.510. The molecule has 0 saturated carbocycles. The molecular formula is C17H15NO5S. The van der Waals surface area contributed by atoms with Crippen LogP contribution in [0.2, 0.25) is 0 Å². The van der Waals surface area contributed by atoms with E-state index in [9.17, 15) is 14.4 Å². The van der Waals surface area contributed by atoms with Crippen LogP contribution in [-0.2, 0) is 16.0 Å². The third kappa shape index (κ3) is 3.51. The van der Waals surface area contributed by atoms with Crippen LogP contribution in [0.15, 0.2) is 40.8 Å². The average Bonchev–Trinajstić information content (AvgIpc) is 3.15. The first kappa shape index (κ1) is 16.3. The molecule has 2 aromatic rings. The first-order chi connectivity index (χ1) is 11.6. The lowest BCUT2D eigenvalue weighted by Gasteiger charge is -2.04. The van der Waals surface area contributed by atoms with Gasteiger partial charge in [0.25, 0.3) is 5.24 Å². The number of nitrogens with one attached hydrogen (secondary N) is 1. The number of furan rings is 1. The molecule has 6 nitrogen and oxygen atoms in total. The number of hydrogen-bond donors (Lipinski definition) is 1. The fraction of sp³-hybridized carbons (Fsp3) is 0.235. The van der Waals surface area contributed by atoms with Crippen LogP contribution in [0.25, 0.3) is 11.3 Å². The Labute approximate surface area is 142 Å². The predicted octanol–water partition coefficient (Wildman–Crippen LogP) is 3.02. The highest BCUT2D eigenvalue weighted by molar-refractivity contribution is 8.15. The fourth-order valence-electron chi connectivity index (χ4n) is 2.37. The van der Waals surface area contributed by atoms with Crippen LogP contribution in [0.5, 0.6) is 0 Å². The lowest BCUT2D eigenvalue weighted by Crippen LogP contribution is -2.25. The Hall–Kier alpha value is -2.54. The van der Waals surface area contributed by atoms with Gasteiger partial charge in [-0.15, -0.1) is 0 Å². The van der Waals surface area contributed by atoms with Gasteiger partial charge in [-0.2, -0.15) is 0 Å². The van der Waals surface area contributed by atoms with Gasteiger partial charge in [0.2, 0.25) is 5.91 Å². The van der Waals surface area contributed by atoms with Gasteiger partial charge < -0.3 is 9.15 Å². The van der Waals surface area contributed by atoms with Crippen molar-refractivity contribution in [3.8, 4) is 11.3 Å². The molecule has 2 amide bonds. The summed E-state index contributed by atoms with van der Waals surface area (Å²) in [4.78, 5) is 34.6. The number of thioether (sulfide) groups is 1. The number of ether oxygens (including phenoxy) is 1.